The van der Waals surface area contributed by atoms with Gasteiger partial charge < -0.3 is 10.6 Å². The molecule has 4 nitrogen and oxygen atoms in total. The molecular weight excluding hydrogens is 377 g/mol. The largest absolute Gasteiger partial charge is 0.408 e. The minimum atomic E-state index is -4.36. The second-order valence-electron chi connectivity index (χ2n) is 7.18. The fourth-order valence-electron chi connectivity index (χ4n) is 3.43. The highest BCUT2D eigenvalue weighted by molar-refractivity contribution is 5.82. The zero-order chi connectivity index (χ0) is 21.2. The molecule has 0 saturated carbocycles. The molecule has 0 bridgehead atoms. The highest BCUT2D eigenvalue weighted by Crippen LogP contribution is 2.30. The number of fused-ring (bicyclic) bond motifs is 1. The fraction of sp³-hybridized carbons (Fsp3) is 0.364. The smallest absolute Gasteiger partial charge is 0.385 e. The van der Waals surface area contributed by atoms with E-state index in [4.69, 9.17) is 0 Å². The van der Waals surface area contributed by atoms with Crippen molar-refractivity contribution in [2.45, 2.75) is 45.8 Å². The number of aromatic nitrogens is 2. The van der Waals surface area contributed by atoms with Gasteiger partial charge in [-0.15, -0.1) is 0 Å². The molecule has 1 aromatic carbocycles. The molecule has 3 rings (SSSR count). The minimum absolute atomic E-state index is 0.0316. The molecule has 2 heterocycles. The van der Waals surface area contributed by atoms with Crippen molar-refractivity contribution < 1.29 is 13.2 Å². The van der Waals surface area contributed by atoms with Gasteiger partial charge in [-0.2, -0.15) is 13.2 Å². The SMILES string of the molecule is C=C1NCCCc2cc(/C(=C/C)c3cnc(N[C@H](C)C(F)(F)F)nc3C)ccc21. The second-order valence-corrected chi connectivity index (χ2v) is 7.18. The third-order valence-corrected chi connectivity index (χ3v) is 5.10. The number of benzene rings is 1. The molecular formula is C22H25F3N4. The van der Waals surface area contributed by atoms with Crippen molar-refractivity contribution in [2.75, 3.05) is 11.9 Å². The maximum atomic E-state index is 12.8. The number of allylic oxidation sites excluding steroid dienone is 1. The van der Waals surface area contributed by atoms with E-state index in [0.717, 1.165) is 54.3 Å². The van der Waals surface area contributed by atoms with E-state index in [1.807, 2.05) is 19.1 Å². The zero-order valence-electron chi connectivity index (χ0n) is 16.8. The molecule has 1 atom stereocenters. The molecule has 1 aliphatic rings. The van der Waals surface area contributed by atoms with Gasteiger partial charge in [0.15, 0.2) is 0 Å². The van der Waals surface area contributed by atoms with E-state index in [2.05, 4.69) is 39.3 Å². The van der Waals surface area contributed by atoms with E-state index in [-0.39, 0.29) is 5.95 Å². The summed E-state index contributed by atoms with van der Waals surface area (Å²) in [7, 11) is 0. The van der Waals surface area contributed by atoms with Gasteiger partial charge in [0.2, 0.25) is 5.95 Å². The Morgan fingerprint density at radius 2 is 2.10 bits per heavy atom. The molecule has 0 unspecified atom stereocenters. The topological polar surface area (TPSA) is 49.8 Å². The van der Waals surface area contributed by atoms with Crippen molar-refractivity contribution in [3.05, 3.63) is 65.0 Å². The predicted molar refractivity (Wildman–Crippen MR) is 110 cm³/mol. The standard InChI is InChI=1S/C22H25F3N4/c1-5-18(17-8-9-19-13(2)26-10-6-7-16(19)11-17)20-12-27-21(28-14(20)3)29-15(4)22(23,24)25/h5,8-9,11-12,15,26H,2,6-7,10H2,1,3-4H3,(H,27,28,29)/b18-5-/t15-/m1/s1. The van der Waals surface area contributed by atoms with Crippen LogP contribution in [0.2, 0.25) is 0 Å². The van der Waals surface area contributed by atoms with Crippen LogP contribution in [0.3, 0.4) is 0 Å². The normalized spacial score (nSPS) is 15.9. The van der Waals surface area contributed by atoms with Crippen LogP contribution in [-0.2, 0) is 6.42 Å². The van der Waals surface area contributed by atoms with Crippen molar-refractivity contribution in [1.29, 1.82) is 0 Å². The quantitative estimate of drug-likeness (QED) is 0.747. The van der Waals surface area contributed by atoms with Crippen LogP contribution in [0.4, 0.5) is 19.1 Å². The molecule has 1 aromatic heterocycles. The molecule has 154 valence electrons. The summed E-state index contributed by atoms with van der Waals surface area (Å²) in [5, 5.41) is 5.64. The highest BCUT2D eigenvalue weighted by Gasteiger charge is 2.36. The lowest BCUT2D eigenvalue weighted by Crippen LogP contribution is -2.33. The van der Waals surface area contributed by atoms with Crippen LogP contribution in [0.5, 0.6) is 0 Å². The van der Waals surface area contributed by atoms with E-state index in [1.54, 1.807) is 13.1 Å². The van der Waals surface area contributed by atoms with Crippen molar-refractivity contribution in [3.63, 3.8) is 0 Å². The number of alkyl halides is 3. The average molecular weight is 402 g/mol. The fourth-order valence-corrected chi connectivity index (χ4v) is 3.43. The summed E-state index contributed by atoms with van der Waals surface area (Å²) >= 11 is 0. The molecule has 0 saturated heterocycles. The van der Waals surface area contributed by atoms with Crippen LogP contribution in [0.15, 0.2) is 37.1 Å². The Hall–Kier alpha value is -2.83. The Bertz CT molecular complexity index is 948. The third-order valence-electron chi connectivity index (χ3n) is 5.10. The number of nitrogens with one attached hydrogen (secondary N) is 2. The molecule has 1 aliphatic heterocycles. The molecule has 0 amide bonds. The van der Waals surface area contributed by atoms with Gasteiger partial charge in [0.25, 0.3) is 0 Å². The van der Waals surface area contributed by atoms with Gasteiger partial charge in [0.1, 0.15) is 6.04 Å². The van der Waals surface area contributed by atoms with Crippen LogP contribution >= 0.6 is 0 Å². The number of hydrogen-bond donors (Lipinski definition) is 2. The molecule has 2 N–H and O–H groups in total. The highest BCUT2D eigenvalue weighted by atomic mass is 19.4. The summed E-state index contributed by atoms with van der Waals surface area (Å²) in [6, 6.07) is 4.52. The number of aryl methyl sites for hydroxylation is 2. The Kier molecular flexibility index (Phi) is 5.96. The molecule has 0 radical (unpaired) electrons. The number of rotatable bonds is 4. The maximum absolute atomic E-state index is 12.8. The summed E-state index contributed by atoms with van der Waals surface area (Å²) < 4.78 is 38.3. The lowest BCUT2D eigenvalue weighted by molar-refractivity contribution is -0.138. The average Bonchev–Trinajstić information content (AvgIpc) is 2.84. The molecule has 0 aliphatic carbocycles. The maximum Gasteiger partial charge on any atom is 0.408 e. The van der Waals surface area contributed by atoms with E-state index < -0.39 is 12.2 Å². The first-order valence-electron chi connectivity index (χ1n) is 9.60. The Balaban J connectivity index is 1.91. The first kappa shape index (κ1) is 20.9. The molecule has 29 heavy (non-hydrogen) atoms. The lowest BCUT2D eigenvalue weighted by Gasteiger charge is -2.18. The van der Waals surface area contributed by atoms with Gasteiger partial charge in [0.05, 0.1) is 5.69 Å². The van der Waals surface area contributed by atoms with Crippen LogP contribution in [0.25, 0.3) is 11.3 Å². The van der Waals surface area contributed by atoms with Crippen molar-refractivity contribution >= 4 is 17.2 Å². The van der Waals surface area contributed by atoms with Crippen LogP contribution in [-0.4, -0.2) is 28.7 Å². The lowest BCUT2D eigenvalue weighted by atomic mass is 9.92. The van der Waals surface area contributed by atoms with E-state index in [1.165, 1.54) is 5.56 Å². The first-order chi connectivity index (χ1) is 13.7. The van der Waals surface area contributed by atoms with E-state index in [9.17, 15) is 13.2 Å². The second kappa shape index (κ2) is 8.27. The summed E-state index contributed by atoms with van der Waals surface area (Å²) in [6.45, 7) is 9.75. The number of anilines is 1. The van der Waals surface area contributed by atoms with Gasteiger partial charge in [-0.05, 0) is 50.3 Å². The number of nitrogens with zero attached hydrogens (tertiary/aromatic N) is 2. The molecule has 0 fully saturated rings. The van der Waals surface area contributed by atoms with Crippen LogP contribution < -0.4 is 10.6 Å². The summed E-state index contributed by atoms with van der Waals surface area (Å²) in [4.78, 5) is 8.36. The molecule has 0 spiro atoms. The van der Waals surface area contributed by atoms with E-state index in [0.29, 0.717) is 5.69 Å². The van der Waals surface area contributed by atoms with Gasteiger partial charge in [0, 0.05) is 29.6 Å². The Morgan fingerprint density at radius 1 is 1.34 bits per heavy atom. The first-order valence-corrected chi connectivity index (χ1v) is 9.60. The Morgan fingerprint density at radius 3 is 2.76 bits per heavy atom. The van der Waals surface area contributed by atoms with Crippen molar-refractivity contribution in [2.24, 2.45) is 0 Å². The van der Waals surface area contributed by atoms with Crippen LogP contribution in [0, 0.1) is 6.92 Å². The van der Waals surface area contributed by atoms with Gasteiger partial charge >= 0.3 is 6.18 Å². The Labute approximate surface area is 169 Å². The third kappa shape index (κ3) is 4.60. The van der Waals surface area contributed by atoms with Gasteiger partial charge in [-0.1, -0.05) is 30.9 Å². The number of halogens is 3. The zero-order valence-corrected chi connectivity index (χ0v) is 16.8. The summed E-state index contributed by atoms with van der Waals surface area (Å²) in [6.07, 6.45) is 1.18. The van der Waals surface area contributed by atoms with E-state index >= 15 is 0 Å². The monoisotopic (exact) mass is 402 g/mol. The van der Waals surface area contributed by atoms with Crippen molar-refractivity contribution in [1.82, 2.24) is 15.3 Å². The van der Waals surface area contributed by atoms with Gasteiger partial charge in [-0.3, -0.25) is 0 Å². The van der Waals surface area contributed by atoms with Gasteiger partial charge in [-0.25, -0.2) is 9.97 Å². The molecule has 2 aromatic rings. The minimum Gasteiger partial charge on any atom is -0.385 e. The van der Waals surface area contributed by atoms with Crippen LogP contribution in [0.1, 0.15) is 48.2 Å². The molecule has 7 heteroatoms. The summed E-state index contributed by atoms with van der Waals surface area (Å²) in [5.41, 5.74) is 6.66. The summed E-state index contributed by atoms with van der Waals surface area (Å²) in [5.74, 6) is -0.0316. The van der Waals surface area contributed by atoms with Crippen molar-refractivity contribution in [3.8, 4) is 0 Å². The predicted octanol–water partition coefficient (Wildman–Crippen LogP) is 5.11. The number of hydrogen-bond acceptors (Lipinski definition) is 4.